The van der Waals surface area contributed by atoms with Gasteiger partial charge in [-0.1, -0.05) is 26.2 Å². The summed E-state index contributed by atoms with van der Waals surface area (Å²) < 4.78 is 0. The standard InChI is InChI=1S/C14H30N2/c1-4-15-13(2)9-8-12-16(3)14-10-6-5-7-11-14/h13-15H,4-12H2,1-3H3. The lowest BCUT2D eigenvalue weighted by atomic mass is 9.94. The first-order chi connectivity index (χ1) is 7.74. The van der Waals surface area contributed by atoms with Crippen molar-refractivity contribution in [1.29, 1.82) is 0 Å². The Hall–Kier alpha value is -0.0800. The average molecular weight is 226 g/mol. The van der Waals surface area contributed by atoms with Crippen molar-refractivity contribution in [2.75, 3.05) is 20.1 Å². The van der Waals surface area contributed by atoms with Gasteiger partial charge in [0.25, 0.3) is 0 Å². The van der Waals surface area contributed by atoms with E-state index in [1.54, 1.807) is 0 Å². The van der Waals surface area contributed by atoms with Gasteiger partial charge in [0.15, 0.2) is 0 Å². The van der Waals surface area contributed by atoms with E-state index in [2.05, 4.69) is 31.1 Å². The smallest absolute Gasteiger partial charge is 0.00922 e. The Bertz CT molecular complexity index is 164. The molecule has 0 saturated heterocycles. The SMILES string of the molecule is CCNC(C)CCCN(C)C1CCCCC1. The molecule has 0 amide bonds. The molecule has 0 bridgehead atoms. The topological polar surface area (TPSA) is 15.3 Å². The summed E-state index contributed by atoms with van der Waals surface area (Å²) in [5.74, 6) is 0. The highest BCUT2D eigenvalue weighted by Crippen LogP contribution is 2.21. The van der Waals surface area contributed by atoms with Gasteiger partial charge in [0, 0.05) is 12.1 Å². The largest absolute Gasteiger partial charge is 0.315 e. The Kier molecular flexibility index (Phi) is 7.06. The number of rotatable bonds is 7. The molecule has 1 unspecified atom stereocenters. The van der Waals surface area contributed by atoms with Gasteiger partial charge in [-0.3, -0.25) is 0 Å². The van der Waals surface area contributed by atoms with Crippen LogP contribution in [0.3, 0.4) is 0 Å². The molecule has 96 valence electrons. The summed E-state index contributed by atoms with van der Waals surface area (Å²) in [7, 11) is 2.31. The van der Waals surface area contributed by atoms with E-state index >= 15 is 0 Å². The fourth-order valence-corrected chi connectivity index (χ4v) is 2.80. The molecule has 0 radical (unpaired) electrons. The van der Waals surface area contributed by atoms with Crippen molar-refractivity contribution in [2.24, 2.45) is 0 Å². The lowest BCUT2D eigenvalue weighted by Crippen LogP contribution is -2.35. The zero-order valence-corrected chi connectivity index (χ0v) is 11.5. The van der Waals surface area contributed by atoms with Crippen LogP contribution in [0.1, 0.15) is 58.8 Å². The molecule has 0 aromatic heterocycles. The van der Waals surface area contributed by atoms with Crippen molar-refractivity contribution >= 4 is 0 Å². The van der Waals surface area contributed by atoms with Gasteiger partial charge < -0.3 is 10.2 Å². The third-order valence-corrected chi connectivity index (χ3v) is 3.90. The first kappa shape index (κ1) is 14.0. The Morgan fingerprint density at radius 1 is 1.25 bits per heavy atom. The van der Waals surface area contributed by atoms with Crippen LogP contribution in [0.2, 0.25) is 0 Å². The summed E-state index contributed by atoms with van der Waals surface area (Å²) in [6.45, 7) is 6.86. The maximum atomic E-state index is 3.48. The molecule has 1 saturated carbocycles. The minimum absolute atomic E-state index is 0.685. The second kappa shape index (κ2) is 8.08. The van der Waals surface area contributed by atoms with Crippen LogP contribution in [-0.2, 0) is 0 Å². The second-order valence-corrected chi connectivity index (χ2v) is 5.37. The zero-order chi connectivity index (χ0) is 11.8. The van der Waals surface area contributed by atoms with Crippen LogP contribution in [-0.4, -0.2) is 37.1 Å². The van der Waals surface area contributed by atoms with Gasteiger partial charge in [-0.25, -0.2) is 0 Å². The lowest BCUT2D eigenvalue weighted by molar-refractivity contribution is 0.187. The summed E-state index contributed by atoms with van der Waals surface area (Å²) in [4.78, 5) is 2.60. The highest BCUT2D eigenvalue weighted by atomic mass is 15.1. The Morgan fingerprint density at radius 2 is 1.94 bits per heavy atom. The van der Waals surface area contributed by atoms with Gasteiger partial charge in [-0.05, 0) is 52.7 Å². The van der Waals surface area contributed by atoms with Gasteiger partial charge in [-0.15, -0.1) is 0 Å². The molecule has 1 N–H and O–H groups in total. The molecule has 1 rings (SSSR count). The maximum Gasteiger partial charge on any atom is 0.00922 e. The van der Waals surface area contributed by atoms with E-state index in [0.717, 1.165) is 12.6 Å². The number of hydrogen-bond acceptors (Lipinski definition) is 2. The summed E-state index contributed by atoms with van der Waals surface area (Å²) in [6, 6.07) is 1.56. The van der Waals surface area contributed by atoms with Crippen LogP contribution < -0.4 is 5.32 Å². The van der Waals surface area contributed by atoms with Gasteiger partial charge in [-0.2, -0.15) is 0 Å². The van der Waals surface area contributed by atoms with Crippen molar-refractivity contribution in [3.05, 3.63) is 0 Å². The molecular formula is C14H30N2. The predicted octanol–water partition coefficient (Wildman–Crippen LogP) is 3.03. The first-order valence-corrected chi connectivity index (χ1v) is 7.17. The first-order valence-electron chi connectivity index (χ1n) is 7.17. The molecule has 16 heavy (non-hydrogen) atoms. The van der Waals surface area contributed by atoms with Crippen LogP contribution in [0.4, 0.5) is 0 Å². The minimum atomic E-state index is 0.685. The van der Waals surface area contributed by atoms with Crippen LogP contribution in [0.15, 0.2) is 0 Å². The van der Waals surface area contributed by atoms with E-state index in [1.165, 1.54) is 51.5 Å². The predicted molar refractivity (Wildman–Crippen MR) is 71.9 cm³/mol. The highest BCUT2D eigenvalue weighted by Gasteiger charge is 2.17. The lowest BCUT2D eigenvalue weighted by Gasteiger charge is -2.31. The zero-order valence-electron chi connectivity index (χ0n) is 11.5. The van der Waals surface area contributed by atoms with E-state index in [4.69, 9.17) is 0 Å². The van der Waals surface area contributed by atoms with Crippen LogP contribution in [0.25, 0.3) is 0 Å². The Labute approximate surface area is 102 Å². The summed E-state index contributed by atoms with van der Waals surface area (Å²) >= 11 is 0. The molecule has 0 spiro atoms. The number of nitrogens with one attached hydrogen (secondary N) is 1. The van der Waals surface area contributed by atoms with E-state index in [1.807, 2.05) is 0 Å². The normalized spacial score (nSPS) is 20.2. The molecule has 2 nitrogen and oxygen atoms in total. The van der Waals surface area contributed by atoms with Crippen LogP contribution in [0, 0.1) is 0 Å². The molecule has 0 aromatic rings. The molecule has 0 heterocycles. The second-order valence-electron chi connectivity index (χ2n) is 5.37. The average Bonchev–Trinajstić information content (AvgIpc) is 2.30. The third kappa shape index (κ3) is 5.31. The molecular weight excluding hydrogens is 196 g/mol. The Morgan fingerprint density at radius 3 is 2.56 bits per heavy atom. The van der Waals surface area contributed by atoms with Crippen LogP contribution in [0.5, 0.6) is 0 Å². The fourth-order valence-electron chi connectivity index (χ4n) is 2.80. The maximum absolute atomic E-state index is 3.48. The van der Waals surface area contributed by atoms with Gasteiger partial charge in [0.05, 0.1) is 0 Å². The summed E-state index contributed by atoms with van der Waals surface area (Å²) in [5.41, 5.74) is 0. The molecule has 1 aliphatic carbocycles. The van der Waals surface area contributed by atoms with Crippen molar-refractivity contribution in [3.63, 3.8) is 0 Å². The monoisotopic (exact) mass is 226 g/mol. The minimum Gasteiger partial charge on any atom is -0.315 e. The van der Waals surface area contributed by atoms with E-state index < -0.39 is 0 Å². The fraction of sp³-hybridized carbons (Fsp3) is 1.00. The molecule has 0 aromatic carbocycles. The Balaban J connectivity index is 2.07. The van der Waals surface area contributed by atoms with Gasteiger partial charge in [0.1, 0.15) is 0 Å². The van der Waals surface area contributed by atoms with Gasteiger partial charge >= 0.3 is 0 Å². The molecule has 1 aliphatic rings. The van der Waals surface area contributed by atoms with Crippen LogP contribution >= 0.6 is 0 Å². The van der Waals surface area contributed by atoms with Crippen molar-refractivity contribution in [2.45, 2.75) is 70.9 Å². The van der Waals surface area contributed by atoms with E-state index in [0.29, 0.717) is 6.04 Å². The number of hydrogen-bond donors (Lipinski definition) is 1. The molecule has 0 aliphatic heterocycles. The molecule has 1 fully saturated rings. The van der Waals surface area contributed by atoms with Crippen molar-refractivity contribution < 1.29 is 0 Å². The van der Waals surface area contributed by atoms with Gasteiger partial charge in [0.2, 0.25) is 0 Å². The highest BCUT2D eigenvalue weighted by molar-refractivity contribution is 4.73. The quantitative estimate of drug-likeness (QED) is 0.718. The van der Waals surface area contributed by atoms with E-state index in [-0.39, 0.29) is 0 Å². The van der Waals surface area contributed by atoms with Crippen molar-refractivity contribution in [1.82, 2.24) is 10.2 Å². The van der Waals surface area contributed by atoms with E-state index in [9.17, 15) is 0 Å². The summed E-state index contributed by atoms with van der Waals surface area (Å²) in [5, 5.41) is 3.48. The third-order valence-electron chi connectivity index (χ3n) is 3.90. The van der Waals surface area contributed by atoms with Crippen molar-refractivity contribution in [3.8, 4) is 0 Å². The summed E-state index contributed by atoms with van der Waals surface area (Å²) in [6.07, 6.45) is 9.86. The molecule has 2 heteroatoms. The number of nitrogens with zero attached hydrogens (tertiary/aromatic N) is 1. The molecule has 1 atom stereocenters.